The van der Waals surface area contributed by atoms with Crippen LogP contribution in [0.2, 0.25) is 5.02 Å². The van der Waals surface area contributed by atoms with E-state index in [9.17, 15) is 14.0 Å². The van der Waals surface area contributed by atoms with E-state index < -0.39 is 0 Å². The number of likely N-dealkylation sites (tertiary alicyclic amines) is 1. The van der Waals surface area contributed by atoms with E-state index in [0.717, 1.165) is 25.7 Å². The number of carbonyl (C=O) groups is 2. The number of amides is 2. The standard InChI is InChI=1S/C26H31ClFN3O2/c27-20-11-10-19(23(28)16-20)17-31-14-12-18(13-15-31)25(32)30-24-9-5-4-8-22(24)26(33)29-21-6-2-1-3-7-21/h4-5,8-11,16,18,21H,1-3,6-7,12-15,17H2,(H,29,33)(H,30,32). The number of para-hydroxylation sites is 1. The van der Waals surface area contributed by atoms with Gasteiger partial charge in [0.05, 0.1) is 11.3 Å². The van der Waals surface area contributed by atoms with Crippen LogP contribution >= 0.6 is 11.6 Å². The minimum Gasteiger partial charge on any atom is -0.349 e. The Balaban J connectivity index is 1.31. The summed E-state index contributed by atoms with van der Waals surface area (Å²) >= 11 is 5.84. The van der Waals surface area contributed by atoms with Gasteiger partial charge in [-0.25, -0.2) is 4.39 Å². The number of halogens is 2. The summed E-state index contributed by atoms with van der Waals surface area (Å²) in [7, 11) is 0. The first-order chi connectivity index (χ1) is 16.0. The normalized spacial score (nSPS) is 18.1. The highest BCUT2D eigenvalue weighted by Crippen LogP contribution is 2.24. The van der Waals surface area contributed by atoms with Gasteiger partial charge < -0.3 is 10.6 Å². The van der Waals surface area contributed by atoms with Gasteiger partial charge in [-0.15, -0.1) is 0 Å². The molecule has 5 nitrogen and oxygen atoms in total. The summed E-state index contributed by atoms with van der Waals surface area (Å²) in [4.78, 5) is 28.0. The van der Waals surface area contributed by atoms with Crippen LogP contribution in [0, 0.1) is 11.7 Å². The quantitative estimate of drug-likeness (QED) is 0.593. The maximum Gasteiger partial charge on any atom is 0.253 e. The summed E-state index contributed by atoms with van der Waals surface area (Å²) in [5, 5.41) is 6.50. The molecule has 0 atom stereocenters. The number of hydrogen-bond acceptors (Lipinski definition) is 3. The molecule has 4 rings (SSSR count). The molecule has 33 heavy (non-hydrogen) atoms. The van der Waals surface area contributed by atoms with E-state index >= 15 is 0 Å². The first-order valence-corrected chi connectivity index (χ1v) is 12.2. The number of hydrogen-bond donors (Lipinski definition) is 2. The Bertz CT molecular complexity index is 985. The van der Waals surface area contributed by atoms with Crippen molar-refractivity contribution in [3.05, 3.63) is 64.4 Å². The average molecular weight is 472 g/mol. The Morgan fingerprint density at radius 3 is 2.45 bits per heavy atom. The van der Waals surface area contributed by atoms with E-state index in [1.807, 2.05) is 12.1 Å². The SMILES string of the molecule is O=C(NC1CCCCC1)c1ccccc1NC(=O)C1CCN(Cc2ccc(Cl)cc2F)CC1. The van der Waals surface area contributed by atoms with Crippen molar-refractivity contribution in [1.29, 1.82) is 0 Å². The topological polar surface area (TPSA) is 61.4 Å². The average Bonchev–Trinajstić information content (AvgIpc) is 2.82. The number of benzene rings is 2. The Labute approximate surface area is 199 Å². The highest BCUT2D eigenvalue weighted by Gasteiger charge is 2.27. The van der Waals surface area contributed by atoms with Gasteiger partial charge in [-0.2, -0.15) is 0 Å². The number of carbonyl (C=O) groups excluding carboxylic acids is 2. The molecule has 1 heterocycles. The predicted molar refractivity (Wildman–Crippen MR) is 129 cm³/mol. The monoisotopic (exact) mass is 471 g/mol. The fraction of sp³-hybridized carbons (Fsp3) is 0.462. The molecule has 0 aromatic heterocycles. The molecule has 0 bridgehead atoms. The van der Waals surface area contributed by atoms with Crippen LogP contribution in [-0.4, -0.2) is 35.8 Å². The van der Waals surface area contributed by atoms with Gasteiger partial charge in [0.25, 0.3) is 5.91 Å². The van der Waals surface area contributed by atoms with E-state index in [4.69, 9.17) is 11.6 Å². The summed E-state index contributed by atoms with van der Waals surface area (Å²) in [6.45, 7) is 1.93. The second-order valence-electron chi connectivity index (χ2n) is 9.13. The Morgan fingerprint density at radius 2 is 1.73 bits per heavy atom. The summed E-state index contributed by atoms with van der Waals surface area (Å²) in [6, 6.07) is 12.1. The number of anilines is 1. The lowest BCUT2D eigenvalue weighted by Crippen LogP contribution is -2.38. The van der Waals surface area contributed by atoms with Crippen LogP contribution in [-0.2, 0) is 11.3 Å². The van der Waals surface area contributed by atoms with Crippen LogP contribution in [0.5, 0.6) is 0 Å². The van der Waals surface area contributed by atoms with Gasteiger partial charge in [0, 0.05) is 29.1 Å². The summed E-state index contributed by atoms with van der Waals surface area (Å²) < 4.78 is 14.1. The molecule has 7 heteroatoms. The van der Waals surface area contributed by atoms with Crippen molar-refractivity contribution in [3.8, 4) is 0 Å². The van der Waals surface area contributed by atoms with E-state index in [1.54, 1.807) is 24.3 Å². The number of piperidine rings is 1. The number of nitrogens with one attached hydrogen (secondary N) is 2. The van der Waals surface area contributed by atoms with E-state index in [0.29, 0.717) is 54.3 Å². The first kappa shape index (κ1) is 23.7. The highest BCUT2D eigenvalue weighted by atomic mass is 35.5. The molecule has 2 aromatic rings. The van der Waals surface area contributed by atoms with E-state index in [-0.39, 0.29) is 29.6 Å². The molecule has 2 amide bonds. The van der Waals surface area contributed by atoms with Crippen LogP contribution < -0.4 is 10.6 Å². The van der Waals surface area contributed by atoms with Crippen molar-refractivity contribution in [3.63, 3.8) is 0 Å². The number of nitrogens with zero attached hydrogens (tertiary/aromatic N) is 1. The minimum absolute atomic E-state index is 0.0646. The molecular weight excluding hydrogens is 441 g/mol. The van der Waals surface area contributed by atoms with Gasteiger partial charge in [-0.3, -0.25) is 14.5 Å². The lowest BCUT2D eigenvalue weighted by molar-refractivity contribution is -0.121. The third-order valence-electron chi connectivity index (χ3n) is 6.74. The fourth-order valence-corrected chi connectivity index (χ4v) is 4.94. The van der Waals surface area contributed by atoms with Gasteiger partial charge in [-0.1, -0.05) is 49.1 Å². The second kappa shape index (κ2) is 11.1. The van der Waals surface area contributed by atoms with E-state index in [2.05, 4.69) is 15.5 Å². The van der Waals surface area contributed by atoms with Crippen molar-refractivity contribution >= 4 is 29.1 Å². The highest BCUT2D eigenvalue weighted by molar-refractivity contribution is 6.30. The molecule has 176 valence electrons. The largest absolute Gasteiger partial charge is 0.349 e. The molecule has 2 N–H and O–H groups in total. The van der Waals surface area contributed by atoms with Gasteiger partial charge in [0.15, 0.2) is 0 Å². The zero-order valence-corrected chi connectivity index (χ0v) is 19.5. The molecular formula is C26H31ClFN3O2. The Kier molecular flexibility index (Phi) is 7.99. The van der Waals surface area contributed by atoms with Crippen molar-refractivity contribution in [2.75, 3.05) is 18.4 Å². The van der Waals surface area contributed by atoms with Crippen LogP contribution in [0.3, 0.4) is 0 Å². The lowest BCUT2D eigenvalue weighted by Gasteiger charge is -2.31. The van der Waals surface area contributed by atoms with Crippen molar-refractivity contribution < 1.29 is 14.0 Å². The minimum atomic E-state index is -0.300. The van der Waals surface area contributed by atoms with Crippen molar-refractivity contribution in [1.82, 2.24) is 10.2 Å². The van der Waals surface area contributed by atoms with E-state index in [1.165, 1.54) is 12.5 Å². The molecule has 2 aromatic carbocycles. The number of rotatable bonds is 6. The molecule has 1 saturated carbocycles. The molecule has 0 spiro atoms. The van der Waals surface area contributed by atoms with Gasteiger partial charge >= 0.3 is 0 Å². The first-order valence-electron chi connectivity index (χ1n) is 11.9. The molecule has 2 aliphatic rings. The zero-order chi connectivity index (χ0) is 23.2. The van der Waals surface area contributed by atoms with Crippen molar-refractivity contribution in [2.24, 2.45) is 5.92 Å². The second-order valence-corrected chi connectivity index (χ2v) is 9.57. The molecule has 1 aliphatic heterocycles. The third kappa shape index (κ3) is 6.33. The van der Waals surface area contributed by atoms with Crippen LogP contribution in [0.1, 0.15) is 60.9 Å². The van der Waals surface area contributed by atoms with Gasteiger partial charge in [0.1, 0.15) is 5.82 Å². The summed E-state index contributed by atoms with van der Waals surface area (Å²) in [6.07, 6.45) is 6.93. The summed E-state index contributed by atoms with van der Waals surface area (Å²) in [5.74, 6) is -0.626. The van der Waals surface area contributed by atoms with Gasteiger partial charge in [-0.05, 0) is 63.0 Å². The maximum absolute atomic E-state index is 14.1. The zero-order valence-electron chi connectivity index (χ0n) is 18.8. The maximum atomic E-state index is 14.1. The molecule has 0 unspecified atom stereocenters. The molecule has 1 aliphatic carbocycles. The van der Waals surface area contributed by atoms with Crippen LogP contribution in [0.15, 0.2) is 42.5 Å². The van der Waals surface area contributed by atoms with Crippen LogP contribution in [0.4, 0.5) is 10.1 Å². The molecule has 1 saturated heterocycles. The van der Waals surface area contributed by atoms with Crippen LogP contribution in [0.25, 0.3) is 0 Å². The Hall–Kier alpha value is -2.44. The summed E-state index contributed by atoms with van der Waals surface area (Å²) in [5.41, 5.74) is 1.67. The third-order valence-corrected chi connectivity index (χ3v) is 6.97. The Morgan fingerprint density at radius 1 is 1.00 bits per heavy atom. The van der Waals surface area contributed by atoms with Gasteiger partial charge in [0.2, 0.25) is 5.91 Å². The predicted octanol–water partition coefficient (Wildman–Crippen LogP) is 5.39. The smallest absolute Gasteiger partial charge is 0.253 e. The fourth-order valence-electron chi connectivity index (χ4n) is 4.78. The lowest BCUT2D eigenvalue weighted by atomic mass is 9.94. The molecule has 2 fully saturated rings. The van der Waals surface area contributed by atoms with Crippen molar-refractivity contribution in [2.45, 2.75) is 57.5 Å². The molecule has 0 radical (unpaired) electrons.